The minimum atomic E-state index is -0.535. The van der Waals surface area contributed by atoms with Crippen LogP contribution >= 0.6 is 27.5 Å². The highest BCUT2D eigenvalue weighted by Gasteiger charge is 2.05. The molecule has 0 aromatic heterocycles. The quantitative estimate of drug-likeness (QED) is 0.792. The van der Waals surface area contributed by atoms with E-state index < -0.39 is 6.10 Å². The van der Waals surface area contributed by atoms with E-state index in [4.69, 9.17) is 11.6 Å². The third-order valence-corrected chi connectivity index (χ3v) is 2.13. The molecule has 1 rings (SSSR count). The number of rotatable bonds is 1. The van der Waals surface area contributed by atoms with E-state index in [-0.39, 0.29) is 0 Å². The summed E-state index contributed by atoms with van der Waals surface area (Å²) in [4.78, 5) is 0. The van der Waals surface area contributed by atoms with Crippen LogP contribution in [0.15, 0.2) is 16.6 Å². The van der Waals surface area contributed by atoms with Gasteiger partial charge in [-0.1, -0.05) is 27.5 Å². The molecule has 1 N–H and O–H groups in total. The molecule has 1 aromatic rings. The van der Waals surface area contributed by atoms with Gasteiger partial charge in [-0.25, -0.2) is 0 Å². The molecule has 1 aromatic carbocycles. The maximum absolute atomic E-state index is 9.18. The molecule has 0 aliphatic heterocycles. The fourth-order valence-corrected chi connectivity index (χ4v) is 1.57. The highest BCUT2D eigenvalue weighted by molar-refractivity contribution is 9.10. The summed E-state index contributed by atoms with van der Waals surface area (Å²) in [5, 5.41) is 9.74. The van der Waals surface area contributed by atoms with Crippen molar-refractivity contribution in [1.82, 2.24) is 0 Å². The molecule has 0 spiro atoms. The molecule has 0 fully saturated rings. The lowest BCUT2D eigenvalue weighted by Crippen LogP contribution is -1.91. The van der Waals surface area contributed by atoms with Gasteiger partial charge in [-0.2, -0.15) is 0 Å². The predicted molar refractivity (Wildman–Crippen MR) is 48.6 cm³/mol. The summed E-state index contributed by atoms with van der Waals surface area (Å²) in [6, 6.07) is 6.28. The van der Waals surface area contributed by atoms with Crippen LogP contribution in [0.5, 0.6) is 0 Å². The third-order valence-electron chi connectivity index (χ3n) is 1.34. The molecule has 0 aliphatic rings. The molecule has 1 nitrogen and oxygen atoms in total. The van der Waals surface area contributed by atoms with Gasteiger partial charge in [0.05, 0.1) is 6.10 Å². The van der Waals surface area contributed by atoms with Crippen molar-refractivity contribution in [2.45, 2.75) is 13.0 Å². The zero-order valence-electron chi connectivity index (χ0n) is 5.94. The molecular weight excluding hydrogens is 227 g/mol. The van der Waals surface area contributed by atoms with Crippen LogP contribution in [-0.4, -0.2) is 5.11 Å². The Balaban J connectivity index is 3.09. The van der Waals surface area contributed by atoms with Crippen LogP contribution in [0.4, 0.5) is 0 Å². The van der Waals surface area contributed by atoms with Crippen molar-refractivity contribution in [3.8, 4) is 0 Å². The van der Waals surface area contributed by atoms with Gasteiger partial charge in [-0.15, -0.1) is 0 Å². The Kier molecular flexibility index (Phi) is 2.93. The highest BCUT2D eigenvalue weighted by atomic mass is 79.9. The van der Waals surface area contributed by atoms with E-state index in [1.165, 1.54) is 0 Å². The van der Waals surface area contributed by atoms with Crippen molar-refractivity contribution >= 4 is 27.5 Å². The summed E-state index contributed by atoms with van der Waals surface area (Å²) in [6.45, 7) is 1.67. The van der Waals surface area contributed by atoms with E-state index in [9.17, 15) is 5.11 Å². The van der Waals surface area contributed by atoms with Gasteiger partial charge in [0.15, 0.2) is 0 Å². The minimum Gasteiger partial charge on any atom is -0.389 e. The first-order valence-corrected chi connectivity index (χ1v) is 4.33. The number of aliphatic hydroxyl groups is 1. The Bertz CT molecular complexity index is 260. The van der Waals surface area contributed by atoms with Gasteiger partial charge < -0.3 is 5.11 Å². The Morgan fingerprint density at radius 1 is 1.73 bits per heavy atom. The summed E-state index contributed by atoms with van der Waals surface area (Å²) in [7, 11) is 0. The van der Waals surface area contributed by atoms with Gasteiger partial charge in [0.1, 0.15) is 0 Å². The molecule has 1 unspecified atom stereocenters. The first kappa shape index (κ1) is 9.04. The van der Waals surface area contributed by atoms with Gasteiger partial charge in [0, 0.05) is 9.50 Å². The molecule has 1 atom stereocenters. The predicted octanol–water partition coefficient (Wildman–Crippen LogP) is 2.96. The van der Waals surface area contributed by atoms with Crippen LogP contribution in [0.2, 0.25) is 5.02 Å². The summed E-state index contributed by atoms with van der Waals surface area (Å²) < 4.78 is 0.798. The van der Waals surface area contributed by atoms with Crippen molar-refractivity contribution in [1.29, 1.82) is 0 Å². The van der Waals surface area contributed by atoms with Crippen LogP contribution in [0.25, 0.3) is 0 Å². The lowest BCUT2D eigenvalue weighted by Gasteiger charge is -2.06. The molecular formula is C8H7BrClO. The van der Waals surface area contributed by atoms with Crippen LogP contribution in [0, 0.1) is 6.07 Å². The van der Waals surface area contributed by atoms with Crippen LogP contribution in [0.3, 0.4) is 0 Å². The van der Waals surface area contributed by atoms with Crippen molar-refractivity contribution < 1.29 is 5.11 Å². The lowest BCUT2D eigenvalue weighted by molar-refractivity contribution is 0.199. The Hall–Kier alpha value is -0.0500. The largest absolute Gasteiger partial charge is 0.389 e. The maximum Gasteiger partial charge on any atom is 0.0776 e. The van der Waals surface area contributed by atoms with Crippen LogP contribution in [0.1, 0.15) is 18.6 Å². The van der Waals surface area contributed by atoms with Gasteiger partial charge >= 0.3 is 0 Å². The van der Waals surface area contributed by atoms with Crippen LogP contribution < -0.4 is 0 Å². The smallest absolute Gasteiger partial charge is 0.0776 e. The van der Waals surface area contributed by atoms with E-state index in [0.29, 0.717) is 10.6 Å². The summed E-state index contributed by atoms with van der Waals surface area (Å²) in [5.41, 5.74) is 0.704. The van der Waals surface area contributed by atoms with E-state index in [0.717, 1.165) is 4.47 Å². The molecule has 3 heteroatoms. The Labute approximate surface area is 79.1 Å². The molecule has 0 aliphatic carbocycles. The SMILES string of the molecule is CC(O)c1c[c]c(Br)cc1Cl. The minimum absolute atomic E-state index is 0.535. The molecule has 0 bridgehead atoms. The molecule has 59 valence electrons. The first-order chi connectivity index (χ1) is 5.11. The maximum atomic E-state index is 9.18. The fourth-order valence-electron chi connectivity index (χ4n) is 0.772. The monoisotopic (exact) mass is 233 g/mol. The molecule has 0 amide bonds. The van der Waals surface area contributed by atoms with Crippen molar-refractivity contribution in [3.63, 3.8) is 0 Å². The summed E-state index contributed by atoms with van der Waals surface area (Å²) in [6.07, 6.45) is -0.535. The number of hydrogen-bond donors (Lipinski definition) is 1. The summed E-state index contributed by atoms with van der Waals surface area (Å²) >= 11 is 9.04. The average Bonchev–Trinajstić information content (AvgIpc) is 1.85. The van der Waals surface area contributed by atoms with E-state index >= 15 is 0 Å². The van der Waals surface area contributed by atoms with E-state index in [1.807, 2.05) is 0 Å². The molecule has 0 heterocycles. The molecule has 0 saturated heterocycles. The van der Waals surface area contributed by atoms with Crippen molar-refractivity contribution in [2.24, 2.45) is 0 Å². The zero-order chi connectivity index (χ0) is 8.43. The molecule has 0 saturated carbocycles. The first-order valence-electron chi connectivity index (χ1n) is 3.16. The average molecular weight is 234 g/mol. The molecule has 1 radical (unpaired) electrons. The number of hydrogen-bond acceptors (Lipinski definition) is 1. The van der Waals surface area contributed by atoms with Gasteiger partial charge in [0.2, 0.25) is 0 Å². The van der Waals surface area contributed by atoms with Gasteiger partial charge in [-0.3, -0.25) is 0 Å². The van der Waals surface area contributed by atoms with Crippen molar-refractivity contribution in [2.75, 3.05) is 0 Å². The van der Waals surface area contributed by atoms with E-state index in [1.54, 1.807) is 19.1 Å². The van der Waals surface area contributed by atoms with Crippen molar-refractivity contribution in [3.05, 3.63) is 33.3 Å². The normalized spacial score (nSPS) is 13.1. The topological polar surface area (TPSA) is 20.2 Å². The van der Waals surface area contributed by atoms with Gasteiger partial charge in [0.25, 0.3) is 0 Å². The van der Waals surface area contributed by atoms with Crippen LogP contribution in [-0.2, 0) is 0 Å². The number of aliphatic hydroxyl groups excluding tert-OH is 1. The standard InChI is InChI=1S/C8H7BrClO/c1-5(11)7-3-2-6(9)4-8(7)10/h3-5,11H,1H3. The molecule has 11 heavy (non-hydrogen) atoms. The second-order valence-corrected chi connectivity index (χ2v) is 3.52. The Morgan fingerprint density at radius 2 is 2.36 bits per heavy atom. The fraction of sp³-hybridized carbons (Fsp3) is 0.250. The second-order valence-electron chi connectivity index (χ2n) is 2.26. The highest BCUT2D eigenvalue weighted by Crippen LogP contribution is 2.25. The number of benzene rings is 1. The lowest BCUT2D eigenvalue weighted by atomic mass is 10.1. The number of halogens is 2. The third kappa shape index (κ3) is 2.19. The second kappa shape index (κ2) is 3.57. The van der Waals surface area contributed by atoms with E-state index in [2.05, 4.69) is 22.0 Å². The van der Waals surface area contributed by atoms with Gasteiger partial charge in [-0.05, 0) is 30.7 Å². The summed E-state index contributed by atoms with van der Waals surface area (Å²) in [5.74, 6) is 0. The zero-order valence-corrected chi connectivity index (χ0v) is 8.28. The Morgan fingerprint density at radius 3 is 2.82 bits per heavy atom.